The molecule has 0 saturated carbocycles. The zero-order valence-corrected chi connectivity index (χ0v) is 12.6. The van der Waals surface area contributed by atoms with E-state index in [1.807, 2.05) is 17.9 Å². The first-order valence-electron chi connectivity index (χ1n) is 7.36. The number of carbonyl (C=O) groups is 1. The van der Waals surface area contributed by atoms with E-state index in [0.29, 0.717) is 11.6 Å². The lowest BCUT2D eigenvalue weighted by molar-refractivity contribution is 0.0577. The molecule has 1 fully saturated rings. The molecule has 1 aliphatic rings. The highest BCUT2D eigenvalue weighted by molar-refractivity contribution is 5.97. The number of rotatable bonds is 3. The largest absolute Gasteiger partial charge is 0.507 e. The second-order valence-electron chi connectivity index (χ2n) is 5.61. The minimum absolute atomic E-state index is 0.0636. The molecule has 1 heterocycles. The second kappa shape index (κ2) is 6.27. The topological polar surface area (TPSA) is 43.8 Å². The Morgan fingerprint density at radius 2 is 1.95 bits per heavy atom. The van der Waals surface area contributed by atoms with Gasteiger partial charge >= 0.3 is 0 Å². The average Bonchev–Trinajstić information content (AvgIpc) is 2.46. The van der Waals surface area contributed by atoms with E-state index in [1.165, 1.54) is 0 Å². The van der Waals surface area contributed by atoms with Gasteiger partial charge in [-0.3, -0.25) is 9.69 Å². The van der Waals surface area contributed by atoms with Crippen molar-refractivity contribution in [3.63, 3.8) is 0 Å². The molecule has 0 bridgehead atoms. The third-order valence-electron chi connectivity index (χ3n) is 4.20. The summed E-state index contributed by atoms with van der Waals surface area (Å²) in [6.45, 7) is 9.60. The van der Waals surface area contributed by atoms with Crippen LogP contribution < -0.4 is 0 Å². The predicted molar refractivity (Wildman–Crippen MR) is 80.1 cm³/mol. The zero-order valence-electron chi connectivity index (χ0n) is 12.6. The summed E-state index contributed by atoms with van der Waals surface area (Å²) in [6, 6.07) is 5.79. The fourth-order valence-corrected chi connectivity index (χ4v) is 2.62. The Morgan fingerprint density at radius 1 is 1.30 bits per heavy atom. The summed E-state index contributed by atoms with van der Waals surface area (Å²) in [6.07, 6.45) is 1.13. The van der Waals surface area contributed by atoms with Gasteiger partial charge in [-0.15, -0.1) is 0 Å². The lowest BCUT2D eigenvalue weighted by Crippen LogP contribution is -2.51. The Morgan fingerprint density at radius 3 is 2.50 bits per heavy atom. The first kappa shape index (κ1) is 14.9. The monoisotopic (exact) mass is 276 g/mol. The van der Waals surface area contributed by atoms with Crippen molar-refractivity contribution in [2.75, 3.05) is 26.2 Å². The molecular formula is C16H24N2O2. The highest BCUT2D eigenvalue weighted by Gasteiger charge is 2.25. The number of aryl methyl sites for hydroxylation is 1. The molecule has 110 valence electrons. The van der Waals surface area contributed by atoms with E-state index in [-0.39, 0.29) is 11.7 Å². The quantitative estimate of drug-likeness (QED) is 0.921. The van der Waals surface area contributed by atoms with Gasteiger partial charge in [-0.2, -0.15) is 0 Å². The fraction of sp³-hybridized carbons (Fsp3) is 0.562. The molecule has 1 amide bonds. The molecule has 0 aromatic heterocycles. The van der Waals surface area contributed by atoms with Crippen LogP contribution in [0, 0.1) is 6.92 Å². The highest BCUT2D eigenvalue weighted by atomic mass is 16.3. The molecule has 1 aromatic carbocycles. The predicted octanol–water partition coefficient (Wildman–Crippen LogP) is 2.26. The third-order valence-corrected chi connectivity index (χ3v) is 4.20. The van der Waals surface area contributed by atoms with E-state index in [2.05, 4.69) is 18.7 Å². The molecule has 4 nitrogen and oxygen atoms in total. The molecule has 1 unspecified atom stereocenters. The van der Waals surface area contributed by atoms with Crippen molar-refractivity contribution in [1.29, 1.82) is 0 Å². The number of benzene rings is 1. The number of carbonyl (C=O) groups excluding carboxylic acids is 1. The zero-order chi connectivity index (χ0) is 14.7. The van der Waals surface area contributed by atoms with Crippen LogP contribution in [0.5, 0.6) is 5.75 Å². The minimum Gasteiger partial charge on any atom is -0.507 e. The van der Waals surface area contributed by atoms with Crippen molar-refractivity contribution < 1.29 is 9.90 Å². The van der Waals surface area contributed by atoms with Gasteiger partial charge in [0.05, 0.1) is 5.56 Å². The van der Waals surface area contributed by atoms with Gasteiger partial charge < -0.3 is 10.0 Å². The summed E-state index contributed by atoms with van der Waals surface area (Å²) < 4.78 is 0. The smallest absolute Gasteiger partial charge is 0.257 e. The van der Waals surface area contributed by atoms with Crippen LogP contribution in [0.15, 0.2) is 18.2 Å². The summed E-state index contributed by atoms with van der Waals surface area (Å²) in [7, 11) is 0. The maximum Gasteiger partial charge on any atom is 0.257 e. The van der Waals surface area contributed by atoms with Gasteiger partial charge in [0.15, 0.2) is 0 Å². The summed E-state index contributed by atoms with van der Waals surface area (Å²) in [5.41, 5.74) is 1.37. The van der Waals surface area contributed by atoms with E-state index >= 15 is 0 Å². The van der Waals surface area contributed by atoms with Crippen LogP contribution in [0.25, 0.3) is 0 Å². The number of hydrogen-bond acceptors (Lipinski definition) is 3. The lowest BCUT2D eigenvalue weighted by atomic mass is 10.1. The van der Waals surface area contributed by atoms with Gasteiger partial charge in [-0.1, -0.05) is 13.0 Å². The first-order valence-corrected chi connectivity index (χ1v) is 7.36. The molecule has 1 N–H and O–H groups in total. The number of piperazine rings is 1. The second-order valence-corrected chi connectivity index (χ2v) is 5.61. The van der Waals surface area contributed by atoms with E-state index < -0.39 is 0 Å². The summed E-state index contributed by atoms with van der Waals surface area (Å²) >= 11 is 0. The average molecular weight is 276 g/mol. The van der Waals surface area contributed by atoms with E-state index in [4.69, 9.17) is 0 Å². The molecule has 4 heteroatoms. The summed E-state index contributed by atoms with van der Waals surface area (Å²) in [5.74, 6) is 0.0191. The Kier molecular flexibility index (Phi) is 4.65. The SMILES string of the molecule is CCC(C)N1CCN(C(=O)c2ccc(C)cc2O)CC1. The normalized spacial score (nSPS) is 18.1. The van der Waals surface area contributed by atoms with Crippen LogP contribution >= 0.6 is 0 Å². The van der Waals surface area contributed by atoms with Crippen molar-refractivity contribution in [3.8, 4) is 5.75 Å². The highest BCUT2D eigenvalue weighted by Crippen LogP contribution is 2.21. The van der Waals surface area contributed by atoms with Gasteiger partial charge in [0.25, 0.3) is 5.91 Å². The minimum atomic E-state index is -0.0636. The molecule has 1 aliphatic heterocycles. The van der Waals surface area contributed by atoms with Gasteiger partial charge in [-0.25, -0.2) is 0 Å². The van der Waals surface area contributed by atoms with Crippen molar-refractivity contribution in [3.05, 3.63) is 29.3 Å². The van der Waals surface area contributed by atoms with Crippen LogP contribution in [-0.4, -0.2) is 53.0 Å². The van der Waals surface area contributed by atoms with Gasteiger partial charge in [0.1, 0.15) is 5.75 Å². The van der Waals surface area contributed by atoms with E-state index in [1.54, 1.807) is 12.1 Å². The molecular weight excluding hydrogens is 252 g/mol. The number of nitrogens with zero attached hydrogens (tertiary/aromatic N) is 2. The standard InChI is InChI=1S/C16H24N2O2/c1-4-13(3)17-7-9-18(10-8-17)16(20)14-6-5-12(2)11-15(14)19/h5-6,11,13,19H,4,7-10H2,1-3H3. The van der Waals surface area contributed by atoms with Crippen LogP contribution in [0.2, 0.25) is 0 Å². The Labute approximate surface area is 121 Å². The third kappa shape index (κ3) is 3.12. The molecule has 0 radical (unpaired) electrons. The summed E-state index contributed by atoms with van der Waals surface area (Å²) in [5, 5.41) is 9.91. The van der Waals surface area contributed by atoms with Crippen LogP contribution in [0.4, 0.5) is 0 Å². The van der Waals surface area contributed by atoms with Crippen LogP contribution in [-0.2, 0) is 0 Å². The van der Waals surface area contributed by atoms with Gasteiger partial charge in [0.2, 0.25) is 0 Å². The number of aromatic hydroxyl groups is 1. The van der Waals surface area contributed by atoms with Crippen molar-refractivity contribution in [2.24, 2.45) is 0 Å². The number of phenolic OH excluding ortho intramolecular Hbond substituents is 1. The summed E-state index contributed by atoms with van der Waals surface area (Å²) in [4.78, 5) is 16.7. The fourth-order valence-electron chi connectivity index (χ4n) is 2.62. The Hall–Kier alpha value is -1.55. The Bertz CT molecular complexity index is 479. The molecule has 0 aliphatic carbocycles. The van der Waals surface area contributed by atoms with Crippen LogP contribution in [0.1, 0.15) is 36.2 Å². The van der Waals surface area contributed by atoms with Gasteiger partial charge in [0, 0.05) is 32.2 Å². The number of amides is 1. The first-order chi connectivity index (χ1) is 9.52. The van der Waals surface area contributed by atoms with E-state index in [0.717, 1.165) is 38.2 Å². The van der Waals surface area contributed by atoms with Crippen molar-refractivity contribution >= 4 is 5.91 Å². The van der Waals surface area contributed by atoms with Crippen molar-refractivity contribution in [1.82, 2.24) is 9.80 Å². The molecule has 1 atom stereocenters. The lowest BCUT2D eigenvalue weighted by Gasteiger charge is -2.37. The number of phenols is 1. The van der Waals surface area contributed by atoms with E-state index in [9.17, 15) is 9.90 Å². The molecule has 1 aromatic rings. The number of hydrogen-bond donors (Lipinski definition) is 1. The molecule has 20 heavy (non-hydrogen) atoms. The van der Waals surface area contributed by atoms with Gasteiger partial charge in [-0.05, 0) is 38.0 Å². The Balaban J connectivity index is 2.01. The maximum absolute atomic E-state index is 12.4. The maximum atomic E-state index is 12.4. The molecule has 0 spiro atoms. The van der Waals surface area contributed by atoms with Crippen molar-refractivity contribution in [2.45, 2.75) is 33.2 Å². The van der Waals surface area contributed by atoms with Crippen LogP contribution in [0.3, 0.4) is 0 Å². The molecule has 1 saturated heterocycles. The molecule has 2 rings (SSSR count).